The molecule has 10 heteroatoms. The third kappa shape index (κ3) is 12.3. The number of hydrogen-bond donors (Lipinski definition) is 0. The average molecular weight is 585 g/mol. The first-order valence-corrected chi connectivity index (χ1v) is 13.6. The van der Waals surface area contributed by atoms with Crippen LogP contribution in [0, 0.1) is 17.1 Å². The molecular weight excluding hydrogens is 543 g/mol. The summed E-state index contributed by atoms with van der Waals surface area (Å²) in [7, 11) is 0. The van der Waals surface area contributed by atoms with Crippen LogP contribution in [0.25, 0.3) is 0 Å². The summed E-state index contributed by atoms with van der Waals surface area (Å²) in [5, 5.41) is 9.49. The maximum Gasteiger partial charge on any atom is 0.339 e. The minimum absolute atomic E-state index is 0.0133. The summed E-state index contributed by atoms with van der Waals surface area (Å²) in [6, 6.07) is 10.6. The number of halogens is 1. The van der Waals surface area contributed by atoms with Crippen LogP contribution in [0.2, 0.25) is 0 Å². The molecular formula is C32H41FN2O7. The Kier molecular flexibility index (Phi) is 11.2. The Bertz CT molecular complexity index is 1300. The zero-order valence-corrected chi connectivity index (χ0v) is 25.9. The highest BCUT2D eigenvalue weighted by Crippen LogP contribution is 2.25. The molecule has 0 aliphatic rings. The number of nitrogens with zero attached hydrogens (tertiary/aromatic N) is 2. The van der Waals surface area contributed by atoms with Gasteiger partial charge in [-0.3, -0.25) is 14.5 Å². The number of ether oxygens (including phenoxy) is 4. The van der Waals surface area contributed by atoms with Crippen molar-refractivity contribution in [2.45, 2.75) is 92.3 Å². The van der Waals surface area contributed by atoms with Gasteiger partial charge in [-0.2, -0.15) is 5.26 Å². The van der Waals surface area contributed by atoms with Crippen molar-refractivity contribution in [1.82, 2.24) is 4.90 Å². The molecule has 0 saturated heterocycles. The summed E-state index contributed by atoms with van der Waals surface area (Å²) in [6.07, 6.45) is 0. The van der Waals surface area contributed by atoms with Crippen LogP contribution in [0.5, 0.6) is 5.75 Å². The van der Waals surface area contributed by atoms with Crippen LogP contribution in [-0.4, -0.2) is 52.7 Å². The van der Waals surface area contributed by atoms with Gasteiger partial charge < -0.3 is 18.9 Å². The molecule has 0 amide bonds. The Morgan fingerprint density at radius 1 is 0.786 bits per heavy atom. The summed E-state index contributed by atoms with van der Waals surface area (Å²) in [5.74, 6) is -2.09. The highest BCUT2D eigenvalue weighted by Gasteiger charge is 2.25. The maximum atomic E-state index is 14.1. The standard InChI is InChI=1S/C32H41FN2O7/c1-30(2,3)40-27(36)18-35(19-28(37)41-31(4,5)6)17-22-11-10-21(16-34)14-26(22)39-20-23-12-13-24(33)15-25(23)29(38)42-32(7,8)9/h10-15H,17-20H2,1-9H3. The summed E-state index contributed by atoms with van der Waals surface area (Å²) in [5.41, 5.74) is -0.982. The molecule has 0 radical (unpaired) electrons. The van der Waals surface area contributed by atoms with E-state index in [1.807, 2.05) is 0 Å². The van der Waals surface area contributed by atoms with Gasteiger partial charge in [0.15, 0.2) is 0 Å². The van der Waals surface area contributed by atoms with Gasteiger partial charge in [-0.25, -0.2) is 9.18 Å². The lowest BCUT2D eigenvalue weighted by molar-refractivity contribution is -0.160. The van der Waals surface area contributed by atoms with Crippen LogP contribution in [0.1, 0.15) is 89.4 Å². The van der Waals surface area contributed by atoms with E-state index in [9.17, 15) is 24.0 Å². The van der Waals surface area contributed by atoms with Crippen LogP contribution in [-0.2, 0) is 37.0 Å². The molecule has 228 valence electrons. The molecule has 2 aromatic rings. The van der Waals surface area contributed by atoms with E-state index < -0.39 is 40.5 Å². The predicted octanol–water partition coefficient (Wildman–Crippen LogP) is 5.72. The first-order valence-electron chi connectivity index (χ1n) is 13.6. The second-order valence-electron chi connectivity index (χ2n) is 12.8. The van der Waals surface area contributed by atoms with Crippen molar-refractivity contribution in [1.29, 1.82) is 5.26 Å². The van der Waals surface area contributed by atoms with Crippen molar-refractivity contribution in [3.8, 4) is 11.8 Å². The lowest BCUT2D eigenvalue weighted by atomic mass is 10.1. The fourth-order valence-corrected chi connectivity index (χ4v) is 3.76. The maximum absolute atomic E-state index is 14.1. The zero-order chi connectivity index (χ0) is 31.9. The highest BCUT2D eigenvalue weighted by atomic mass is 19.1. The molecule has 0 spiro atoms. The number of esters is 3. The van der Waals surface area contributed by atoms with Gasteiger partial charge in [0.2, 0.25) is 0 Å². The van der Waals surface area contributed by atoms with E-state index >= 15 is 0 Å². The van der Waals surface area contributed by atoms with Gasteiger partial charge in [0.25, 0.3) is 0 Å². The Hall–Kier alpha value is -3.97. The Labute approximate surface area is 247 Å². The van der Waals surface area contributed by atoms with Crippen LogP contribution in [0.15, 0.2) is 36.4 Å². The van der Waals surface area contributed by atoms with E-state index in [0.29, 0.717) is 16.7 Å². The molecule has 9 nitrogen and oxygen atoms in total. The van der Waals surface area contributed by atoms with Gasteiger partial charge in [-0.1, -0.05) is 12.1 Å². The van der Waals surface area contributed by atoms with Gasteiger partial charge >= 0.3 is 17.9 Å². The fraction of sp³-hybridized carbons (Fsp3) is 0.500. The summed E-state index contributed by atoms with van der Waals surface area (Å²) >= 11 is 0. The molecule has 0 aromatic heterocycles. The van der Waals surface area contributed by atoms with E-state index in [2.05, 4.69) is 6.07 Å². The summed E-state index contributed by atoms with van der Waals surface area (Å²) < 4.78 is 36.5. The predicted molar refractivity (Wildman–Crippen MR) is 154 cm³/mol. The smallest absolute Gasteiger partial charge is 0.339 e. The lowest BCUT2D eigenvalue weighted by Crippen LogP contribution is -2.39. The topological polar surface area (TPSA) is 115 Å². The number of rotatable bonds is 10. The molecule has 42 heavy (non-hydrogen) atoms. The largest absolute Gasteiger partial charge is 0.488 e. The van der Waals surface area contributed by atoms with Crippen molar-refractivity contribution in [2.24, 2.45) is 0 Å². The molecule has 0 aliphatic carbocycles. The Balaban J connectivity index is 2.38. The second-order valence-corrected chi connectivity index (χ2v) is 12.8. The van der Waals surface area contributed by atoms with Crippen molar-refractivity contribution < 1.29 is 37.7 Å². The van der Waals surface area contributed by atoms with Crippen LogP contribution in [0.3, 0.4) is 0 Å². The normalized spacial score (nSPS) is 12.0. The number of hydrogen-bond acceptors (Lipinski definition) is 9. The van der Waals surface area contributed by atoms with E-state index in [-0.39, 0.29) is 37.6 Å². The molecule has 0 bridgehead atoms. The van der Waals surface area contributed by atoms with E-state index in [4.69, 9.17) is 18.9 Å². The van der Waals surface area contributed by atoms with Gasteiger partial charge in [0.1, 0.15) is 35.0 Å². The second kappa shape index (κ2) is 13.8. The SMILES string of the molecule is CC(C)(C)OC(=O)CN(CC(=O)OC(C)(C)C)Cc1ccc(C#N)cc1OCc1ccc(F)cc1C(=O)OC(C)(C)C. The van der Waals surface area contributed by atoms with Gasteiger partial charge in [0, 0.05) is 17.7 Å². The quantitative estimate of drug-likeness (QED) is 0.255. The number of benzene rings is 2. The third-order valence-corrected chi connectivity index (χ3v) is 5.21. The minimum Gasteiger partial charge on any atom is -0.488 e. The van der Waals surface area contributed by atoms with Crippen molar-refractivity contribution in [3.63, 3.8) is 0 Å². The fourth-order valence-electron chi connectivity index (χ4n) is 3.76. The Morgan fingerprint density at radius 2 is 1.31 bits per heavy atom. The summed E-state index contributed by atoms with van der Waals surface area (Å²) in [4.78, 5) is 39.7. The molecule has 0 N–H and O–H groups in total. The summed E-state index contributed by atoms with van der Waals surface area (Å²) in [6.45, 7) is 15.1. The van der Waals surface area contributed by atoms with Crippen LogP contribution < -0.4 is 4.74 Å². The molecule has 2 aromatic carbocycles. The zero-order valence-electron chi connectivity index (χ0n) is 25.9. The van der Waals surface area contributed by atoms with Crippen molar-refractivity contribution in [3.05, 3.63) is 64.5 Å². The number of carbonyl (C=O) groups is 3. The lowest BCUT2D eigenvalue weighted by Gasteiger charge is -2.27. The molecule has 0 fully saturated rings. The van der Waals surface area contributed by atoms with Crippen molar-refractivity contribution >= 4 is 17.9 Å². The molecule has 0 heterocycles. The molecule has 0 unspecified atom stereocenters. The molecule has 0 atom stereocenters. The van der Waals surface area contributed by atoms with E-state index in [0.717, 1.165) is 6.07 Å². The van der Waals surface area contributed by atoms with Crippen molar-refractivity contribution in [2.75, 3.05) is 13.1 Å². The highest BCUT2D eigenvalue weighted by molar-refractivity contribution is 5.91. The minimum atomic E-state index is -0.790. The average Bonchev–Trinajstić information content (AvgIpc) is 2.80. The van der Waals surface area contributed by atoms with Crippen LogP contribution in [0.4, 0.5) is 4.39 Å². The van der Waals surface area contributed by atoms with Gasteiger partial charge in [-0.05, 0) is 86.6 Å². The molecule has 0 aliphatic heterocycles. The van der Waals surface area contributed by atoms with E-state index in [1.165, 1.54) is 18.2 Å². The Morgan fingerprint density at radius 3 is 1.81 bits per heavy atom. The molecule has 0 saturated carbocycles. The van der Waals surface area contributed by atoms with Gasteiger partial charge in [-0.15, -0.1) is 0 Å². The monoisotopic (exact) mass is 584 g/mol. The number of carbonyl (C=O) groups excluding carboxylic acids is 3. The van der Waals surface area contributed by atoms with E-state index in [1.54, 1.807) is 79.3 Å². The molecule has 2 rings (SSSR count). The number of nitriles is 1. The van der Waals surface area contributed by atoms with Gasteiger partial charge in [0.05, 0.1) is 30.3 Å². The van der Waals surface area contributed by atoms with Crippen LogP contribution >= 0.6 is 0 Å². The first kappa shape index (κ1) is 34.2. The third-order valence-electron chi connectivity index (χ3n) is 5.21. The first-order chi connectivity index (χ1) is 19.2.